The molecule has 1 aliphatic heterocycles. The van der Waals surface area contributed by atoms with Crippen LogP contribution in [-0.2, 0) is 9.53 Å². The Kier molecular flexibility index (Phi) is 11.4. The molecule has 150 valence electrons. The van der Waals surface area contributed by atoms with Crippen molar-refractivity contribution in [2.45, 2.75) is 95.2 Å². The number of hydrogen-bond acceptors (Lipinski definition) is 5. The molecule has 0 aliphatic carbocycles. The summed E-state index contributed by atoms with van der Waals surface area (Å²) >= 11 is 0. The average Bonchev–Trinajstić information content (AvgIpc) is 2.97. The van der Waals surface area contributed by atoms with E-state index in [9.17, 15) is 20.1 Å². The molecule has 26 heavy (non-hydrogen) atoms. The van der Waals surface area contributed by atoms with Gasteiger partial charge >= 0.3 is 5.97 Å². The van der Waals surface area contributed by atoms with Gasteiger partial charge < -0.3 is 25.2 Å². The van der Waals surface area contributed by atoms with Gasteiger partial charge in [0.25, 0.3) is 0 Å². The van der Waals surface area contributed by atoms with Crippen molar-refractivity contribution in [3.63, 3.8) is 0 Å². The lowest BCUT2D eigenvalue weighted by Gasteiger charge is -2.17. The first-order valence-electron chi connectivity index (χ1n) is 9.68. The number of rotatable bonds is 13. The monoisotopic (exact) mass is 370 g/mol. The van der Waals surface area contributed by atoms with Gasteiger partial charge in [-0.3, -0.25) is 4.79 Å². The molecule has 0 bridgehead atoms. The Morgan fingerprint density at radius 1 is 1.19 bits per heavy atom. The minimum Gasteiger partial charge on any atom is -0.481 e. The van der Waals surface area contributed by atoms with Crippen molar-refractivity contribution < 1.29 is 30.0 Å². The number of ether oxygens (including phenoxy) is 1. The van der Waals surface area contributed by atoms with Crippen LogP contribution in [0, 0.1) is 0 Å². The molecule has 1 saturated heterocycles. The first-order valence-corrected chi connectivity index (χ1v) is 9.68. The van der Waals surface area contributed by atoms with E-state index in [1.54, 1.807) is 0 Å². The maximum absolute atomic E-state index is 10.4. The van der Waals surface area contributed by atoms with Gasteiger partial charge in [0.15, 0.2) is 0 Å². The molecule has 1 fully saturated rings. The fourth-order valence-electron chi connectivity index (χ4n) is 3.01. The van der Waals surface area contributed by atoms with Gasteiger partial charge in [-0.15, -0.1) is 0 Å². The zero-order chi connectivity index (χ0) is 19.4. The summed E-state index contributed by atoms with van der Waals surface area (Å²) in [7, 11) is 0. The van der Waals surface area contributed by atoms with Crippen LogP contribution < -0.4 is 0 Å². The Morgan fingerprint density at radius 2 is 1.96 bits per heavy atom. The summed E-state index contributed by atoms with van der Waals surface area (Å²) in [5, 5.41) is 38.7. The molecule has 6 nitrogen and oxygen atoms in total. The summed E-state index contributed by atoms with van der Waals surface area (Å²) in [5.41, 5.74) is 0. The normalized spacial score (nSPS) is 25.9. The van der Waals surface area contributed by atoms with E-state index in [1.807, 2.05) is 12.2 Å². The van der Waals surface area contributed by atoms with Gasteiger partial charge in [-0.25, -0.2) is 0 Å². The number of aliphatic hydroxyl groups excluding tert-OH is 3. The number of aliphatic carboxylic acids is 1. The summed E-state index contributed by atoms with van der Waals surface area (Å²) in [5.74, 6) is -0.804. The first kappa shape index (κ1) is 22.8. The van der Waals surface area contributed by atoms with Gasteiger partial charge in [-0.2, -0.15) is 0 Å². The first-order chi connectivity index (χ1) is 12.4. The molecule has 1 heterocycles. The highest BCUT2D eigenvalue weighted by atomic mass is 16.5. The Labute approximate surface area is 156 Å². The zero-order valence-corrected chi connectivity index (χ0v) is 15.7. The lowest BCUT2D eigenvalue weighted by Crippen LogP contribution is -2.25. The van der Waals surface area contributed by atoms with Gasteiger partial charge in [0.05, 0.1) is 30.5 Å². The van der Waals surface area contributed by atoms with E-state index in [0.29, 0.717) is 25.7 Å². The second-order valence-corrected chi connectivity index (χ2v) is 6.95. The molecule has 0 radical (unpaired) electrons. The minimum atomic E-state index is -0.852. The molecule has 0 spiro atoms. The third kappa shape index (κ3) is 9.48. The number of carbonyl (C=O) groups is 1. The van der Waals surface area contributed by atoms with Crippen molar-refractivity contribution in [3.05, 3.63) is 24.3 Å². The van der Waals surface area contributed by atoms with Gasteiger partial charge in [0.1, 0.15) is 0 Å². The van der Waals surface area contributed by atoms with Crippen LogP contribution >= 0.6 is 0 Å². The van der Waals surface area contributed by atoms with Crippen molar-refractivity contribution >= 4 is 5.97 Å². The Bertz CT molecular complexity index is 448. The van der Waals surface area contributed by atoms with Crippen LogP contribution in [-0.4, -0.2) is 56.9 Å². The molecular formula is C20H34O6. The Morgan fingerprint density at radius 3 is 2.65 bits per heavy atom. The lowest BCUT2D eigenvalue weighted by atomic mass is 10.0. The van der Waals surface area contributed by atoms with E-state index in [0.717, 1.165) is 25.7 Å². The molecular weight excluding hydrogens is 336 g/mol. The maximum atomic E-state index is 10.4. The predicted molar refractivity (Wildman–Crippen MR) is 99.8 cm³/mol. The third-order valence-electron chi connectivity index (χ3n) is 4.56. The van der Waals surface area contributed by atoms with Crippen LogP contribution in [0.2, 0.25) is 0 Å². The van der Waals surface area contributed by atoms with Gasteiger partial charge in [0, 0.05) is 12.8 Å². The molecule has 5 atom stereocenters. The highest BCUT2D eigenvalue weighted by Gasteiger charge is 2.36. The summed E-state index contributed by atoms with van der Waals surface area (Å²) in [6, 6.07) is 0. The molecule has 1 rings (SSSR count). The van der Waals surface area contributed by atoms with Crippen molar-refractivity contribution in [2.75, 3.05) is 0 Å². The standard InChI is InChI=1S/C20H34O6/c1-2-3-6-10-18-17(23)14-19(26-18)16(22)13-12-15(21)9-7-4-5-8-11-20(24)25/h4,7,12-13,15-19,21-23H,2-3,5-6,8-11,14H2,1H3,(H,24,25)/b7-4-,13-12-/t15-,16-,17-,18-,19+/m1/s1. The van der Waals surface area contributed by atoms with Crippen LogP contribution in [0.1, 0.15) is 64.7 Å². The minimum absolute atomic E-state index is 0.145. The molecule has 0 aromatic carbocycles. The van der Waals surface area contributed by atoms with Crippen molar-refractivity contribution in [1.82, 2.24) is 0 Å². The van der Waals surface area contributed by atoms with E-state index < -0.39 is 30.4 Å². The predicted octanol–water partition coefficient (Wildman–Crippen LogP) is 2.56. The van der Waals surface area contributed by atoms with Crippen LogP contribution in [0.3, 0.4) is 0 Å². The summed E-state index contributed by atoms with van der Waals surface area (Å²) in [6.45, 7) is 2.12. The van der Waals surface area contributed by atoms with E-state index in [1.165, 1.54) is 12.2 Å². The van der Waals surface area contributed by atoms with E-state index in [-0.39, 0.29) is 12.5 Å². The number of allylic oxidation sites excluding steroid dienone is 1. The highest BCUT2D eigenvalue weighted by Crippen LogP contribution is 2.27. The van der Waals surface area contributed by atoms with E-state index in [2.05, 4.69) is 6.92 Å². The highest BCUT2D eigenvalue weighted by molar-refractivity contribution is 5.66. The Balaban J connectivity index is 2.27. The zero-order valence-electron chi connectivity index (χ0n) is 15.7. The molecule has 0 saturated carbocycles. The van der Waals surface area contributed by atoms with Gasteiger partial charge in [0.2, 0.25) is 0 Å². The topological polar surface area (TPSA) is 107 Å². The molecule has 1 aliphatic rings. The van der Waals surface area contributed by atoms with Crippen molar-refractivity contribution in [3.8, 4) is 0 Å². The van der Waals surface area contributed by atoms with Crippen molar-refractivity contribution in [2.24, 2.45) is 0 Å². The van der Waals surface area contributed by atoms with Crippen LogP contribution in [0.5, 0.6) is 0 Å². The molecule has 0 unspecified atom stereocenters. The number of carboxylic acids is 1. The van der Waals surface area contributed by atoms with E-state index in [4.69, 9.17) is 9.84 Å². The van der Waals surface area contributed by atoms with Crippen LogP contribution in [0.25, 0.3) is 0 Å². The van der Waals surface area contributed by atoms with Crippen molar-refractivity contribution in [1.29, 1.82) is 0 Å². The quantitative estimate of drug-likeness (QED) is 0.293. The Hall–Kier alpha value is -1.21. The fraction of sp³-hybridized carbons (Fsp3) is 0.750. The van der Waals surface area contributed by atoms with Gasteiger partial charge in [-0.05, 0) is 25.7 Å². The SMILES string of the molecule is CCCCC[C@H]1O[C@H]([C@H](O)/C=C\[C@H](O)C/C=C\CCCC(=O)O)C[C@H]1O. The molecule has 4 N–H and O–H groups in total. The smallest absolute Gasteiger partial charge is 0.303 e. The lowest BCUT2D eigenvalue weighted by molar-refractivity contribution is -0.137. The third-order valence-corrected chi connectivity index (χ3v) is 4.56. The van der Waals surface area contributed by atoms with E-state index >= 15 is 0 Å². The van der Waals surface area contributed by atoms with Crippen LogP contribution in [0.4, 0.5) is 0 Å². The number of unbranched alkanes of at least 4 members (excludes halogenated alkanes) is 3. The average molecular weight is 370 g/mol. The summed E-state index contributed by atoms with van der Waals surface area (Å²) in [6.07, 6.45) is 10.2. The molecule has 0 aromatic heterocycles. The summed E-state index contributed by atoms with van der Waals surface area (Å²) < 4.78 is 5.76. The molecule has 6 heteroatoms. The number of hydrogen-bond donors (Lipinski definition) is 4. The molecule has 0 amide bonds. The van der Waals surface area contributed by atoms with Crippen LogP contribution in [0.15, 0.2) is 24.3 Å². The fourth-order valence-corrected chi connectivity index (χ4v) is 3.01. The molecule has 0 aromatic rings. The number of aliphatic hydroxyl groups is 3. The number of carboxylic acid groups (broad SMARTS) is 1. The second-order valence-electron chi connectivity index (χ2n) is 6.95. The summed E-state index contributed by atoms with van der Waals surface area (Å²) in [4.78, 5) is 10.4. The largest absolute Gasteiger partial charge is 0.481 e. The van der Waals surface area contributed by atoms with Gasteiger partial charge in [-0.1, -0.05) is 50.5 Å². The second kappa shape index (κ2) is 13.0. The maximum Gasteiger partial charge on any atom is 0.303 e.